The van der Waals surface area contributed by atoms with E-state index in [4.69, 9.17) is 17.3 Å². The summed E-state index contributed by atoms with van der Waals surface area (Å²) in [5.41, 5.74) is 7.61. The van der Waals surface area contributed by atoms with Crippen molar-refractivity contribution in [2.45, 2.75) is 19.8 Å². The molecular weight excluding hydrogens is 250 g/mol. The van der Waals surface area contributed by atoms with Gasteiger partial charge in [0.2, 0.25) is 0 Å². The number of halogens is 1. The van der Waals surface area contributed by atoms with Crippen molar-refractivity contribution in [1.82, 2.24) is 9.36 Å². The van der Waals surface area contributed by atoms with Gasteiger partial charge in [-0.1, -0.05) is 25.4 Å². The van der Waals surface area contributed by atoms with E-state index in [2.05, 4.69) is 0 Å². The van der Waals surface area contributed by atoms with Crippen LogP contribution in [0.2, 0.25) is 5.02 Å². The molecule has 0 amide bonds. The molecule has 0 radical (unpaired) electrons. The van der Waals surface area contributed by atoms with Crippen LogP contribution in [0.5, 0.6) is 0 Å². The average Bonchev–Trinajstić information content (AvgIpc) is 2.52. The standard InChI is InChI=1S/C13H16ClN3O/c1-8(2)12-11(15)13(18)17(16(12)3)10-6-4-9(14)5-7-10/h4-8H,15H2,1-3H3. The molecule has 0 aliphatic heterocycles. The zero-order valence-electron chi connectivity index (χ0n) is 10.6. The second-order valence-corrected chi connectivity index (χ2v) is 5.01. The molecule has 0 aliphatic rings. The summed E-state index contributed by atoms with van der Waals surface area (Å²) in [7, 11) is 1.84. The maximum absolute atomic E-state index is 12.2. The molecule has 2 rings (SSSR count). The van der Waals surface area contributed by atoms with E-state index in [1.54, 1.807) is 33.6 Å². The molecule has 18 heavy (non-hydrogen) atoms. The number of hydrogen-bond acceptors (Lipinski definition) is 2. The molecule has 1 heterocycles. The molecule has 4 nitrogen and oxygen atoms in total. The van der Waals surface area contributed by atoms with E-state index in [0.29, 0.717) is 10.7 Å². The number of hydrogen-bond donors (Lipinski definition) is 1. The van der Waals surface area contributed by atoms with Crippen LogP contribution in [0.4, 0.5) is 5.69 Å². The number of rotatable bonds is 2. The van der Waals surface area contributed by atoms with Gasteiger partial charge in [0, 0.05) is 12.1 Å². The molecule has 0 unspecified atom stereocenters. The van der Waals surface area contributed by atoms with Gasteiger partial charge in [-0.15, -0.1) is 0 Å². The highest BCUT2D eigenvalue weighted by molar-refractivity contribution is 6.30. The van der Waals surface area contributed by atoms with Gasteiger partial charge in [-0.05, 0) is 30.2 Å². The normalized spacial score (nSPS) is 11.2. The first-order valence-corrected chi connectivity index (χ1v) is 6.14. The lowest BCUT2D eigenvalue weighted by Crippen LogP contribution is -2.20. The Morgan fingerprint density at radius 1 is 1.22 bits per heavy atom. The van der Waals surface area contributed by atoms with E-state index in [-0.39, 0.29) is 11.5 Å². The molecule has 0 saturated heterocycles. The van der Waals surface area contributed by atoms with Gasteiger partial charge in [0.05, 0.1) is 11.4 Å². The monoisotopic (exact) mass is 265 g/mol. The summed E-state index contributed by atoms with van der Waals surface area (Å²) in [5.74, 6) is 0.191. The van der Waals surface area contributed by atoms with Crippen LogP contribution in [0.3, 0.4) is 0 Å². The number of aromatic nitrogens is 2. The Kier molecular flexibility index (Phi) is 3.22. The minimum Gasteiger partial charge on any atom is -0.393 e. The van der Waals surface area contributed by atoms with Gasteiger partial charge in [0.1, 0.15) is 5.69 Å². The van der Waals surface area contributed by atoms with Crippen LogP contribution in [0.1, 0.15) is 25.5 Å². The molecule has 0 spiro atoms. The Labute approximate surface area is 111 Å². The zero-order chi connectivity index (χ0) is 13.4. The van der Waals surface area contributed by atoms with E-state index in [1.807, 2.05) is 20.9 Å². The Bertz CT molecular complexity index is 623. The van der Waals surface area contributed by atoms with Crippen molar-refractivity contribution in [3.05, 3.63) is 45.3 Å². The third kappa shape index (κ3) is 1.93. The van der Waals surface area contributed by atoms with Crippen molar-refractivity contribution in [3.63, 3.8) is 0 Å². The summed E-state index contributed by atoms with van der Waals surface area (Å²) in [6, 6.07) is 7.10. The molecule has 2 N–H and O–H groups in total. The number of anilines is 1. The van der Waals surface area contributed by atoms with Gasteiger partial charge < -0.3 is 5.73 Å². The van der Waals surface area contributed by atoms with Crippen molar-refractivity contribution < 1.29 is 0 Å². The Hall–Kier alpha value is -1.68. The van der Waals surface area contributed by atoms with Crippen molar-refractivity contribution >= 4 is 17.3 Å². The summed E-state index contributed by atoms with van der Waals surface area (Å²) in [6.45, 7) is 4.02. The van der Waals surface area contributed by atoms with Gasteiger partial charge in [0.15, 0.2) is 0 Å². The largest absolute Gasteiger partial charge is 0.393 e. The van der Waals surface area contributed by atoms with Crippen LogP contribution in [0.25, 0.3) is 5.69 Å². The predicted molar refractivity (Wildman–Crippen MR) is 74.5 cm³/mol. The van der Waals surface area contributed by atoms with Gasteiger partial charge in [-0.2, -0.15) is 0 Å². The van der Waals surface area contributed by atoms with Gasteiger partial charge in [0.25, 0.3) is 5.56 Å². The second-order valence-electron chi connectivity index (χ2n) is 4.57. The summed E-state index contributed by atoms with van der Waals surface area (Å²) in [4.78, 5) is 12.2. The third-order valence-corrected chi connectivity index (χ3v) is 3.22. The Morgan fingerprint density at radius 2 is 1.78 bits per heavy atom. The third-order valence-electron chi connectivity index (χ3n) is 2.97. The highest BCUT2D eigenvalue weighted by Gasteiger charge is 2.18. The lowest BCUT2D eigenvalue weighted by atomic mass is 10.1. The molecule has 1 aromatic carbocycles. The zero-order valence-corrected chi connectivity index (χ0v) is 11.4. The van der Waals surface area contributed by atoms with Crippen LogP contribution in [-0.4, -0.2) is 9.36 Å². The SMILES string of the molecule is CC(C)c1c(N)c(=O)n(-c2ccc(Cl)cc2)n1C. The van der Waals surface area contributed by atoms with E-state index in [9.17, 15) is 4.79 Å². The molecule has 0 bridgehead atoms. The van der Waals surface area contributed by atoms with Gasteiger partial charge in [-0.25, -0.2) is 4.68 Å². The first-order chi connectivity index (χ1) is 8.43. The minimum atomic E-state index is -0.191. The molecule has 0 fully saturated rings. The van der Waals surface area contributed by atoms with Crippen molar-refractivity contribution in [3.8, 4) is 5.69 Å². The van der Waals surface area contributed by atoms with Crippen LogP contribution >= 0.6 is 11.6 Å². The maximum Gasteiger partial charge on any atom is 0.294 e. The number of nitrogens with zero attached hydrogens (tertiary/aromatic N) is 2. The highest BCUT2D eigenvalue weighted by atomic mass is 35.5. The fourth-order valence-corrected chi connectivity index (χ4v) is 2.33. The van der Waals surface area contributed by atoms with E-state index in [0.717, 1.165) is 11.4 Å². The van der Waals surface area contributed by atoms with Crippen LogP contribution < -0.4 is 11.3 Å². The van der Waals surface area contributed by atoms with Gasteiger partial charge >= 0.3 is 0 Å². The Balaban J connectivity index is 2.69. The number of nitrogens with two attached hydrogens (primary N) is 1. The molecular formula is C13H16ClN3O. The summed E-state index contributed by atoms with van der Waals surface area (Å²) in [6.07, 6.45) is 0. The molecule has 0 atom stereocenters. The highest BCUT2D eigenvalue weighted by Crippen LogP contribution is 2.21. The number of benzene rings is 1. The lowest BCUT2D eigenvalue weighted by molar-refractivity contribution is 0.595. The second kappa shape index (κ2) is 4.53. The quantitative estimate of drug-likeness (QED) is 0.907. The van der Waals surface area contributed by atoms with E-state index >= 15 is 0 Å². The van der Waals surface area contributed by atoms with Crippen molar-refractivity contribution in [2.75, 3.05) is 5.73 Å². The smallest absolute Gasteiger partial charge is 0.294 e. The Morgan fingerprint density at radius 3 is 2.22 bits per heavy atom. The lowest BCUT2D eigenvalue weighted by Gasteiger charge is -2.11. The van der Waals surface area contributed by atoms with Crippen LogP contribution in [0.15, 0.2) is 29.1 Å². The predicted octanol–water partition coefficient (Wildman–Crippen LogP) is 2.54. The molecule has 0 aliphatic carbocycles. The van der Waals surface area contributed by atoms with Crippen molar-refractivity contribution in [1.29, 1.82) is 0 Å². The fraction of sp³-hybridized carbons (Fsp3) is 0.308. The average molecular weight is 266 g/mol. The maximum atomic E-state index is 12.2. The summed E-state index contributed by atoms with van der Waals surface area (Å²) in [5, 5.41) is 0.637. The van der Waals surface area contributed by atoms with Crippen LogP contribution in [-0.2, 0) is 7.05 Å². The van der Waals surface area contributed by atoms with Crippen LogP contribution in [0, 0.1) is 0 Å². The molecule has 2 aromatic rings. The molecule has 1 aromatic heterocycles. The van der Waals surface area contributed by atoms with Crippen molar-refractivity contribution in [2.24, 2.45) is 7.05 Å². The molecule has 0 saturated carbocycles. The van der Waals surface area contributed by atoms with E-state index < -0.39 is 0 Å². The van der Waals surface area contributed by atoms with E-state index in [1.165, 1.54) is 0 Å². The molecule has 5 heteroatoms. The summed E-state index contributed by atoms with van der Waals surface area (Å²) < 4.78 is 3.35. The minimum absolute atomic E-state index is 0.191. The van der Waals surface area contributed by atoms with Gasteiger partial charge in [-0.3, -0.25) is 9.48 Å². The summed E-state index contributed by atoms with van der Waals surface area (Å²) >= 11 is 5.85. The topological polar surface area (TPSA) is 53.0 Å². The number of nitrogen functional groups attached to an aromatic ring is 1. The first kappa shape index (κ1) is 12.8. The molecule has 96 valence electrons. The first-order valence-electron chi connectivity index (χ1n) is 5.76. The fourth-order valence-electron chi connectivity index (χ4n) is 2.20.